The molecule has 0 saturated heterocycles. The molecule has 1 aromatic heterocycles. The van der Waals surface area contributed by atoms with Gasteiger partial charge >= 0.3 is 0 Å². The molecule has 46 valence electrons. The van der Waals surface area contributed by atoms with E-state index in [4.69, 9.17) is 0 Å². The number of aromatic nitrogens is 1. The second kappa shape index (κ2) is 2.81. The molecule has 0 aromatic carbocycles. The van der Waals surface area contributed by atoms with Crippen LogP contribution in [0.5, 0.6) is 5.75 Å². The average molecular weight is 123 g/mol. The van der Waals surface area contributed by atoms with Gasteiger partial charge in [-0.05, 0) is 12.1 Å². The van der Waals surface area contributed by atoms with E-state index in [0.29, 0.717) is 12.2 Å². The van der Waals surface area contributed by atoms with Crippen molar-refractivity contribution in [3.8, 4) is 5.75 Å². The third-order valence-corrected chi connectivity index (χ3v) is 0.834. The van der Waals surface area contributed by atoms with Crippen LogP contribution in [0.25, 0.3) is 0 Å². The number of carbonyl (C=O) groups excluding carboxylic acids is 1. The molecular weight excluding hydrogens is 118 g/mol. The van der Waals surface area contributed by atoms with Crippen molar-refractivity contribution in [3.63, 3.8) is 0 Å². The molecule has 3 heteroatoms. The normalized spacial score (nSPS) is 8.44. The maximum atomic E-state index is 9.73. The van der Waals surface area contributed by atoms with Gasteiger partial charge in [0.1, 0.15) is 5.75 Å². The van der Waals surface area contributed by atoms with Crippen LogP contribution in [-0.4, -0.2) is 11.5 Å². The smallest absolute Gasteiger partial charge is 0.298 e. The lowest BCUT2D eigenvalue weighted by Crippen LogP contribution is -1.86. The van der Waals surface area contributed by atoms with Crippen LogP contribution < -0.4 is 4.74 Å². The van der Waals surface area contributed by atoms with E-state index < -0.39 is 0 Å². The van der Waals surface area contributed by atoms with E-state index in [-0.39, 0.29) is 0 Å². The minimum absolute atomic E-state index is 0.384. The summed E-state index contributed by atoms with van der Waals surface area (Å²) in [4.78, 5) is 13.5. The van der Waals surface area contributed by atoms with E-state index >= 15 is 0 Å². The zero-order valence-corrected chi connectivity index (χ0v) is 4.65. The number of hydrogen-bond donors (Lipinski definition) is 0. The molecule has 0 aliphatic rings. The van der Waals surface area contributed by atoms with Crippen molar-refractivity contribution in [1.29, 1.82) is 0 Å². The van der Waals surface area contributed by atoms with Crippen molar-refractivity contribution < 1.29 is 9.53 Å². The van der Waals surface area contributed by atoms with Gasteiger partial charge in [0.15, 0.2) is 0 Å². The van der Waals surface area contributed by atoms with E-state index in [1.807, 2.05) is 0 Å². The van der Waals surface area contributed by atoms with E-state index in [0.717, 1.165) is 0 Å². The fourth-order valence-corrected chi connectivity index (χ4v) is 0.472. The average Bonchev–Trinajstić information content (AvgIpc) is 1.91. The van der Waals surface area contributed by atoms with Crippen LogP contribution in [0.3, 0.4) is 0 Å². The Kier molecular flexibility index (Phi) is 1.80. The topological polar surface area (TPSA) is 39.2 Å². The molecule has 0 saturated carbocycles. The van der Waals surface area contributed by atoms with Gasteiger partial charge in [0.25, 0.3) is 6.47 Å². The molecule has 1 aromatic rings. The first-order valence-corrected chi connectivity index (χ1v) is 2.44. The molecule has 0 amide bonds. The zero-order valence-electron chi connectivity index (χ0n) is 4.65. The highest BCUT2D eigenvalue weighted by Gasteiger charge is 1.85. The number of ether oxygens (including phenoxy) is 1. The largest absolute Gasteiger partial charge is 0.429 e. The van der Waals surface area contributed by atoms with Gasteiger partial charge in [0, 0.05) is 12.4 Å². The van der Waals surface area contributed by atoms with E-state index in [1.54, 1.807) is 24.5 Å². The summed E-state index contributed by atoms with van der Waals surface area (Å²) in [5.41, 5.74) is 0. The Morgan fingerprint density at radius 2 is 2.11 bits per heavy atom. The lowest BCUT2D eigenvalue weighted by atomic mass is 10.5. The zero-order chi connectivity index (χ0) is 6.53. The van der Waals surface area contributed by atoms with Crippen molar-refractivity contribution in [1.82, 2.24) is 4.98 Å². The van der Waals surface area contributed by atoms with Crippen LogP contribution in [0.2, 0.25) is 0 Å². The van der Waals surface area contributed by atoms with Crippen LogP contribution in [0.1, 0.15) is 0 Å². The second-order valence-corrected chi connectivity index (χ2v) is 1.40. The third-order valence-electron chi connectivity index (χ3n) is 0.834. The fraction of sp³-hybridized carbons (Fsp3) is 0. The molecule has 0 unspecified atom stereocenters. The van der Waals surface area contributed by atoms with E-state index in [9.17, 15) is 4.79 Å². The van der Waals surface area contributed by atoms with Gasteiger partial charge < -0.3 is 4.74 Å². The first kappa shape index (κ1) is 5.75. The Labute approximate surface area is 52.3 Å². The molecule has 0 spiro atoms. The van der Waals surface area contributed by atoms with Gasteiger partial charge in [0.2, 0.25) is 0 Å². The highest BCUT2D eigenvalue weighted by molar-refractivity contribution is 5.44. The molecule has 0 N–H and O–H groups in total. The van der Waals surface area contributed by atoms with Crippen molar-refractivity contribution in [3.05, 3.63) is 24.5 Å². The monoisotopic (exact) mass is 123 g/mol. The molecule has 0 aliphatic carbocycles. The lowest BCUT2D eigenvalue weighted by Gasteiger charge is -1.91. The molecular formula is C6H5NO2. The Hall–Kier alpha value is -1.38. The Morgan fingerprint density at radius 1 is 1.44 bits per heavy atom. The van der Waals surface area contributed by atoms with Crippen molar-refractivity contribution in [2.45, 2.75) is 0 Å². The summed E-state index contributed by atoms with van der Waals surface area (Å²) in [6.07, 6.45) is 3.11. The molecule has 1 rings (SSSR count). The molecule has 0 radical (unpaired) electrons. The van der Waals surface area contributed by atoms with Crippen LogP contribution in [0, 0.1) is 0 Å². The maximum absolute atomic E-state index is 9.73. The Balaban J connectivity index is 2.72. The van der Waals surface area contributed by atoms with Crippen LogP contribution in [-0.2, 0) is 4.79 Å². The standard InChI is InChI=1S/C6H5NO2/c8-5-9-6-1-3-7-4-2-6/h1-5H. The number of rotatable bonds is 2. The predicted molar refractivity (Wildman–Crippen MR) is 30.9 cm³/mol. The molecule has 0 fully saturated rings. The van der Waals surface area contributed by atoms with Gasteiger partial charge in [0.05, 0.1) is 0 Å². The SMILES string of the molecule is O=COc1ccncc1. The van der Waals surface area contributed by atoms with Gasteiger partial charge in [-0.15, -0.1) is 0 Å². The molecule has 1 heterocycles. The minimum Gasteiger partial charge on any atom is -0.429 e. The van der Waals surface area contributed by atoms with Gasteiger partial charge in [-0.3, -0.25) is 9.78 Å². The highest BCUT2D eigenvalue weighted by Crippen LogP contribution is 2.03. The summed E-state index contributed by atoms with van der Waals surface area (Å²) in [6.45, 7) is 0.384. The molecule has 3 nitrogen and oxygen atoms in total. The summed E-state index contributed by atoms with van der Waals surface area (Å²) >= 11 is 0. The number of carbonyl (C=O) groups is 1. The molecule has 0 bridgehead atoms. The quantitative estimate of drug-likeness (QED) is 0.541. The number of hydrogen-bond acceptors (Lipinski definition) is 3. The fourth-order valence-electron chi connectivity index (χ4n) is 0.472. The maximum Gasteiger partial charge on any atom is 0.298 e. The lowest BCUT2D eigenvalue weighted by molar-refractivity contribution is -0.120. The van der Waals surface area contributed by atoms with Crippen LogP contribution in [0.15, 0.2) is 24.5 Å². The van der Waals surface area contributed by atoms with E-state index in [2.05, 4.69) is 9.72 Å². The van der Waals surface area contributed by atoms with Crippen LogP contribution >= 0.6 is 0 Å². The molecule has 0 aliphatic heterocycles. The summed E-state index contributed by atoms with van der Waals surface area (Å²) in [7, 11) is 0. The van der Waals surface area contributed by atoms with Gasteiger partial charge in [-0.25, -0.2) is 0 Å². The first-order valence-electron chi connectivity index (χ1n) is 2.44. The van der Waals surface area contributed by atoms with Gasteiger partial charge in [-0.2, -0.15) is 0 Å². The van der Waals surface area contributed by atoms with Gasteiger partial charge in [-0.1, -0.05) is 0 Å². The van der Waals surface area contributed by atoms with E-state index in [1.165, 1.54) is 0 Å². The highest BCUT2D eigenvalue weighted by atomic mass is 16.5. The van der Waals surface area contributed by atoms with Crippen molar-refractivity contribution in [2.24, 2.45) is 0 Å². The van der Waals surface area contributed by atoms with Crippen molar-refractivity contribution >= 4 is 6.47 Å². The van der Waals surface area contributed by atoms with Crippen LogP contribution in [0.4, 0.5) is 0 Å². The van der Waals surface area contributed by atoms with Crippen molar-refractivity contribution in [2.75, 3.05) is 0 Å². The first-order chi connectivity index (χ1) is 4.43. The minimum atomic E-state index is 0.384. The number of nitrogens with zero attached hydrogens (tertiary/aromatic N) is 1. The Bertz CT molecular complexity index is 186. The summed E-state index contributed by atoms with van der Waals surface area (Å²) in [6, 6.07) is 3.21. The summed E-state index contributed by atoms with van der Waals surface area (Å²) < 4.78 is 4.49. The molecule has 0 atom stereocenters. The number of pyridine rings is 1. The summed E-state index contributed by atoms with van der Waals surface area (Å²) in [5, 5.41) is 0. The second-order valence-electron chi connectivity index (χ2n) is 1.40. The molecule has 9 heavy (non-hydrogen) atoms. The third kappa shape index (κ3) is 1.53. The Morgan fingerprint density at radius 3 is 2.67 bits per heavy atom. The summed E-state index contributed by atoms with van der Waals surface area (Å²) in [5.74, 6) is 0.514. The predicted octanol–water partition coefficient (Wildman–Crippen LogP) is 0.617.